The van der Waals surface area contributed by atoms with E-state index in [1.165, 1.54) is 0 Å². The Kier molecular flexibility index (Phi) is 4.47. The van der Waals surface area contributed by atoms with Crippen molar-refractivity contribution in [1.29, 1.82) is 0 Å². The lowest BCUT2D eigenvalue weighted by molar-refractivity contribution is 0.356. The Morgan fingerprint density at radius 1 is 1.19 bits per heavy atom. The fourth-order valence-electron chi connectivity index (χ4n) is 2.00. The Hall–Kier alpha value is -1.68. The number of hydrogen-bond donors (Lipinski definition) is 1. The number of aromatic nitrogens is 1. The van der Waals surface area contributed by atoms with Gasteiger partial charge in [0.15, 0.2) is 11.5 Å². The van der Waals surface area contributed by atoms with Crippen LogP contribution in [0.2, 0.25) is 0 Å². The molecule has 0 spiro atoms. The standard InChI is InChI=1S/C16H21ClN2O2/c1-10(17)16(2,3)19-15-12-9-14(21-5)13(20-4)8-11(12)6-7-18-15/h6-10H,1-5H3,(H,18,19). The summed E-state index contributed by atoms with van der Waals surface area (Å²) in [6, 6.07) is 5.82. The maximum atomic E-state index is 6.24. The van der Waals surface area contributed by atoms with Gasteiger partial charge in [-0.15, -0.1) is 11.6 Å². The summed E-state index contributed by atoms with van der Waals surface area (Å²) in [4.78, 5) is 4.44. The number of halogens is 1. The molecule has 0 aliphatic carbocycles. The van der Waals surface area contributed by atoms with Crippen LogP contribution in [0.4, 0.5) is 5.82 Å². The van der Waals surface area contributed by atoms with E-state index in [4.69, 9.17) is 21.1 Å². The second-order valence-corrected chi connectivity index (χ2v) is 6.21. The van der Waals surface area contributed by atoms with Crippen molar-refractivity contribution in [1.82, 2.24) is 4.98 Å². The molecule has 0 amide bonds. The minimum Gasteiger partial charge on any atom is -0.493 e. The van der Waals surface area contributed by atoms with Crippen molar-refractivity contribution in [2.75, 3.05) is 19.5 Å². The molecule has 0 saturated heterocycles. The molecule has 114 valence electrons. The van der Waals surface area contributed by atoms with Crippen LogP contribution in [0.3, 0.4) is 0 Å². The summed E-state index contributed by atoms with van der Waals surface area (Å²) in [5.74, 6) is 2.16. The molecule has 1 aromatic heterocycles. The molecule has 1 aromatic carbocycles. The largest absolute Gasteiger partial charge is 0.493 e. The lowest BCUT2D eigenvalue weighted by Gasteiger charge is -2.30. The molecule has 0 bridgehead atoms. The van der Waals surface area contributed by atoms with Gasteiger partial charge in [0.2, 0.25) is 0 Å². The zero-order valence-electron chi connectivity index (χ0n) is 13.0. The fourth-order valence-corrected chi connectivity index (χ4v) is 2.06. The topological polar surface area (TPSA) is 43.4 Å². The van der Waals surface area contributed by atoms with E-state index in [1.54, 1.807) is 20.4 Å². The molecule has 0 saturated carbocycles. The number of nitrogens with zero attached hydrogens (tertiary/aromatic N) is 1. The highest BCUT2D eigenvalue weighted by molar-refractivity contribution is 6.21. The summed E-state index contributed by atoms with van der Waals surface area (Å²) < 4.78 is 10.7. The van der Waals surface area contributed by atoms with Crippen molar-refractivity contribution >= 4 is 28.2 Å². The maximum Gasteiger partial charge on any atom is 0.161 e. The van der Waals surface area contributed by atoms with E-state index in [0.29, 0.717) is 11.5 Å². The highest BCUT2D eigenvalue weighted by Crippen LogP contribution is 2.35. The minimum atomic E-state index is -0.282. The number of pyridine rings is 1. The van der Waals surface area contributed by atoms with Gasteiger partial charge in [0.25, 0.3) is 0 Å². The van der Waals surface area contributed by atoms with Gasteiger partial charge in [-0.25, -0.2) is 4.98 Å². The Morgan fingerprint density at radius 3 is 2.38 bits per heavy atom. The highest BCUT2D eigenvalue weighted by Gasteiger charge is 2.25. The van der Waals surface area contributed by atoms with Gasteiger partial charge < -0.3 is 14.8 Å². The normalized spacial score (nSPS) is 13.0. The smallest absolute Gasteiger partial charge is 0.161 e. The maximum absolute atomic E-state index is 6.24. The number of anilines is 1. The number of ether oxygens (including phenoxy) is 2. The number of nitrogens with one attached hydrogen (secondary N) is 1. The third-order valence-corrected chi connectivity index (χ3v) is 4.25. The summed E-state index contributed by atoms with van der Waals surface area (Å²) in [6.45, 7) is 6.06. The van der Waals surface area contributed by atoms with Crippen molar-refractivity contribution in [3.63, 3.8) is 0 Å². The number of alkyl halides is 1. The molecule has 2 aromatic rings. The average Bonchev–Trinajstić information content (AvgIpc) is 2.45. The zero-order valence-corrected chi connectivity index (χ0v) is 13.8. The van der Waals surface area contributed by atoms with Gasteiger partial charge in [-0.2, -0.15) is 0 Å². The molecular formula is C16H21ClN2O2. The molecule has 21 heavy (non-hydrogen) atoms. The van der Waals surface area contributed by atoms with E-state index in [-0.39, 0.29) is 10.9 Å². The predicted molar refractivity (Wildman–Crippen MR) is 87.9 cm³/mol. The van der Waals surface area contributed by atoms with Crippen molar-refractivity contribution in [3.05, 3.63) is 24.4 Å². The zero-order chi connectivity index (χ0) is 15.6. The van der Waals surface area contributed by atoms with E-state index in [1.807, 2.05) is 39.0 Å². The van der Waals surface area contributed by atoms with Gasteiger partial charge in [-0.3, -0.25) is 0 Å². The quantitative estimate of drug-likeness (QED) is 0.846. The summed E-state index contributed by atoms with van der Waals surface area (Å²) in [5, 5.41) is 5.37. The number of fused-ring (bicyclic) bond motifs is 1. The van der Waals surface area contributed by atoms with Crippen LogP contribution in [-0.2, 0) is 0 Å². The van der Waals surface area contributed by atoms with Crippen LogP contribution >= 0.6 is 11.6 Å². The van der Waals surface area contributed by atoms with Gasteiger partial charge in [0.05, 0.1) is 19.6 Å². The first-order valence-corrected chi connectivity index (χ1v) is 7.25. The Bertz CT molecular complexity index is 641. The number of benzene rings is 1. The average molecular weight is 309 g/mol. The van der Waals surface area contributed by atoms with Crippen LogP contribution < -0.4 is 14.8 Å². The van der Waals surface area contributed by atoms with Crippen LogP contribution in [-0.4, -0.2) is 30.1 Å². The third-order valence-electron chi connectivity index (χ3n) is 3.70. The van der Waals surface area contributed by atoms with Gasteiger partial charge in [0, 0.05) is 17.1 Å². The van der Waals surface area contributed by atoms with Crippen molar-refractivity contribution in [2.45, 2.75) is 31.7 Å². The fraction of sp³-hybridized carbons (Fsp3) is 0.438. The number of methoxy groups -OCH3 is 2. The summed E-state index contributed by atoms with van der Waals surface area (Å²) in [7, 11) is 3.25. The predicted octanol–water partition coefficient (Wildman–Crippen LogP) is 4.07. The van der Waals surface area contributed by atoms with Crippen molar-refractivity contribution < 1.29 is 9.47 Å². The molecule has 0 fully saturated rings. The molecule has 4 nitrogen and oxygen atoms in total. The van der Waals surface area contributed by atoms with Crippen LogP contribution in [0.5, 0.6) is 11.5 Å². The molecule has 1 N–H and O–H groups in total. The van der Waals surface area contributed by atoms with Crippen molar-refractivity contribution in [3.8, 4) is 11.5 Å². The van der Waals surface area contributed by atoms with Gasteiger partial charge in [-0.05, 0) is 44.4 Å². The van der Waals surface area contributed by atoms with Gasteiger partial charge >= 0.3 is 0 Å². The molecule has 0 aliphatic rings. The third kappa shape index (κ3) is 3.16. The molecule has 2 rings (SSSR count). The molecule has 0 aliphatic heterocycles. The van der Waals surface area contributed by atoms with Crippen molar-refractivity contribution in [2.24, 2.45) is 0 Å². The second-order valence-electron chi connectivity index (χ2n) is 5.55. The van der Waals surface area contributed by atoms with E-state index in [9.17, 15) is 0 Å². The van der Waals surface area contributed by atoms with E-state index in [2.05, 4.69) is 10.3 Å². The van der Waals surface area contributed by atoms with Gasteiger partial charge in [-0.1, -0.05) is 0 Å². The van der Waals surface area contributed by atoms with Gasteiger partial charge in [0.1, 0.15) is 5.82 Å². The van der Waals surface area contributed by atoms with E-state index in [0.717, 1.165) is 16.6 Å². The molecule has 1 unspecified atom stereocenters. The van der Waals surface area contributed by atoms with Crippen LogP contribution in [0, 0.1) is 0 Å². The van der Waals surface area contributed by atoms with E-state index >= 15 is 0 Å². The monoisotopic (exact) mass is 308 g/mol. The van der Waals surface area contributed by atoms with Crippen LogP contribution in [0.15, 0.2) is 24.4 Å². The Balaban J connectivity index is 2.55. The number of rotatable bonds is 5. The molecule has 0 radical (unpaired) electrons. The lowest BCUT2D eigenvalue weighted by atomic mass is 10.0. The minimum absolute atomic E-state index is 0.0466. The SMILES string of the molecule is COc1cc2ccnc(NC(C)(C)C(C)Cl)c2cc1OC. The first-order valence-electron chi connectivity index (χ1n) is 6.82. The lowest BCUT2D eigenvalue weighted by Crippen LogP contribution is -2.39. The Morgan fingerprint density at radius 2 is 1.81 bits per heavy atom. The van der Waals surface area contributed by atoms with E-state index < -0.39 is 0 Å². The van der Waals surface area contributed by atoms with Crippen LogP contribution in [0.25, 0.3) is 10.8 Å². The Labute approximate surface area is 130 Å². The molecule has 1 heterocycles. The molecule has 5 heteroatoms. The summed E-state index contributed by atoms with van der Waals surface area (Å²) in [5.41, 5.74) is -0.282. The van der Waals surface area contributed by atoms with Crippen LogP contribution in [0.1, 0.15) is 20.8 Å². The summed E-state index contributed by atoms with van der Waals surface area (Å²) in [6.07, 6.45) is 1.77. The molecule has 1 atom stereocenters. The number of hydrogen-bond acceptors (Lipinski definition) is 4. The molecular weight excluding hydrogens is 288 g/mol. The summed E-state index contributed by atoms with van der Waals surface area (Å²) >= 11 is 6.24. The first-order chi connectivity index (χ1) is 9.89. The highest BCUT2D eigenvalue weighted by atomic mass is 35.5. The first kappa shape index (κ1) is 15.7. The second kappa shape index (κ2) is 5.98.